The van der Waals surface area contributed by atoms with Crippen LogP contribution in [0.2, 0.25) is 0 Å². The molecular formula is C13H15F3N2. The summed E-state index contributed by atoms with van der Waals surface area (Å²) in [4.78, 5) is 0. The van der Waals surface area contributed by atoms with Gasteiger partial charge in [-0.3, -0.25) is 0 Å². The van der Waals surface area contributed by atoms with Gasteiger partial charge in [0.25, 0.3) is 0 Å². The number of nitrogens with two attached hydrogens (primary N) is 1. The molecule has 1 atom stereocenters. The van der Waals surface area contributed by atoms with E-state index in [1.165, 1.54) is 6.07 Å². The minimum atomic E-state index is -4.25. The van der Waals surface area contributed by atoms with Crippen molar-refractivity contribution in [3.63, 3.8) is 0 Å². The highest BCUT2D eigenvalue weighted by Gasteiger charge is 2.39. The van der Waals surface area contributed by atoms with Gasteiger partial charge in [-0.05, 0) is 42.1 Å². The minimum absolute atomic E-state index is 0.0248. The third-order valence-corrected chi connectivity index (χ3v) is 3.16. The molecule has 0 fully saturated rings. The van der Waals surface area contributed by atoms with E-state index in [1.807, 2.05) is 23.9 Å². The summed E-state index contributed by atoms with van der Waals surface area (Å²) in [5.74, 6) is -1.48. The second-order valence-electron chi connectivity index (χ2n) is 4.42. The summed E-state index contributed by atoms with van der Waals surface area (Å²) in [6.45, 7) is 0.0248. The molecule has 0 aliphatic carbocycles. The van der Waals surface area contributed by atoms with Crippen molar-refractivity contribution in [2.45, 2.75) is 18.5 Å². The van der Waals surface area contributed by atoms with E-state index in [0.717, 1.165) is 10.9 Å². The Hall–Kier alpha value is -1.49. The lowest BCUT2D eigenvalue weighted by atomic mass is 9.94. The molecule has 0 spiro atoms. The number of alkyl halides is 3. The summed E-state index contributed by atoms with van der Waals surface area (Å²) in [5.41, 5.74) is 6.48. The third-order valence-electron chi connectivity index (χ3n) is 3.16. The van der Waals surface area contributed by atoms with Crippen LogP contribution in [-0.4, -0.2) is 17.3 Å². The maximum absolute atomic E-state index is 12.9. The second-order valence-corrected chi connectivity index (χ2v) is 4.42. The van der Waals surface area contributed by atoms with Gasteiger partial charge < -0.3 is 10.3 Å². The van der Waals surface area contributed by atoms with Gasteiger partial charge in [0.1, 0.15) is 0 Å². The van der Waals surface area contributed by atoms with Crippen LogP contribution in [0.3, 0.4) is 0 Å². The van der Waals surface area contributed by atoms with E-state index in [2.05, 4.69) is 0 Å². The SMILES string of the molecule is Cn1ccc2cc(C(CCN)C(F)(F)F)ccc21. The van der Waals surface area contributed by atoms with Crippen LogP contribution in [0.25, 0.3) is 10.9 Å². The van der Waals surface area contributed by atoms with Crippen molar-refractivity contribution in [3.8, 4) is 0 Å². The molecule has 5 heteroatoms. The third kappa shape index (κ3) is 2.36. The fourth-order valence-corrected chi connectivity index (χ4v) is 2.20. The Morgan fingerprint density at radius 3 is 2.61 bits per heavy atom. The van der Waals surface area contributed by atoms with Crippen LogP contribution in [-0.2, 0) is 7.05 Å². The first-order valence-corrected chi connectivity index (χ1v) is 5.75. The van der Waals surface area contributed by atoms with Gasteiger partial charge in [-0.25, -0.2) is 0 Å². The van der Waals surface area contributed by atoms with Crippen molar-refractivity contribution in [3.05, 3.63) is 36.0 Å². The fraction of sp³-hybridized carbons (Fsp3) is 0.385. The van der Waals surface area contributed by atoms with Gasteiger partial charge in [0.2, 0.25) is 0 Å². The van der Waals surface area contributed by atoms with Crippen LogP contribution >= 0.6 is 0 Å². The van der Waals surface area contributed by atoms with Gasteiger partial charge in [0.15, 0.2) is 0 Å². The molecule has 2 rings (SSSR count). The zero-order valence-corrected chi connectivity index (χ0v) is 10.0. The molecule has 0 aliphatic rings. The van der Waals surface area contributed by atoms with Crippen molar-refractivity contribution in [2.75, 3.05) is 6.54 Å². The number of hydrogen-bond acceptors (Lipinski definition) is 1. The molecule has 0 aliphatic heterocycles. The number of aromatic nitrogens is 1. The van der Waals surface area contributed by atoms with E-state index in [4.69, 9.17) is 5.73 Å². The van der Waals surface area contributed by atoms with Gasteiger partial charge in [-0.1, -0.05) is 6.07 Å². The van der Waals surface area contributed by atoms with Crippen LogP contribution in [0, 0.1) is 0 Å². The second kappa shape index (κ2) is 4.65. The normalized spacial score (nSPS) is 14.1. The zero-order chi connectivity index (χ0) is 13.3. The quantitative estimate of drug-likeness (QED) is 0.898. The average molecular weight is 256 g/mol. The Bertz CT molecular complexity index is 543. The zero-order valence-electron chi connectivity index (χ0n) is 10.0. The number of halogens is 3. The molecule has 1 aromatic heterocycles. The van der Waals surface area contributed by atoms with Crippen molar-refractivity contribution in [2.24, 2.45) is 12.8 Å². The first-order valence-electron chi connectivity index (χ1n) is 5.75. The molecule has 98 valence electrons. The minimum Gasteiger partial charge on any atom is -0.351 e. The molecule has 18 heavy (non-hydrogen) atoms. The lowest BCUT2D eigenvalue weighted by molar-refractivity contribution is -0.151. The maximum Gasteiger partial charge on any atom is 0.395 e. The molecule has 0 saturated carbocycles. The standard InChI is InChI=1S/C13H15F3N2/c1-18-7-5-10-8-9(2-3-12(10)18)11(4-6-17)13(14,15)16/h2-3,5,7-8,11H,4,6,17H2,1H3. The van der Waals surface area contributed by atoms with Crippen LogP contribution < -0.4 is 5.73 Å². The molecule has 1 aromatic carbocycles. The highest BCUT2D eigenvalue weighted by atomic mass is 19.4. The number of aryl methyl sites for hydroxylation is 1. The van der Waals surface area contributed by atoms with E-state index < -0.39 is 12.1 Å². The molecule has 2 N–H and O–H groups in total. The molecule has 1 unspecified atom stereocenters. The average Bonchev–Trinajstić information content (AvgIpc) is 2.66. The molecule has 0 saturated heterocycles. The topological polar surface area (TPSA) is 30.9 Å². The van der Waals surface area contributed by atoms with E-state index in [1.54, 1.807) is 12.1 Å². The van der Waals surface area contributed by atoms with Crippen LogP contribution in [0.4, 0.5) is 13.2 Å². The highest BCUT2D eigenvalue weighted by Crippen LogP contribution is 2.38. The Morgan fingerprint density at radius 2 is 2.00 bits per heavy atom. The number of rotatable bonds is 3. The predicted octanol–water partition coefficient (Wildman–Crippen LogP) is 3.17. The van der Waals surface area contributed by atoms with Crippen LogP contribution in [0.15, 0.2) is 30.5 Å². The van der Waals surface area contributed by atoms with Gasteiger partial charge in [0.05, 0.1) is 5.92 Å². The highest BCUT2D eigenvalue weighted by molar-refractivity contribution is 5.80. The van der Waals surface area contributed by atoms with Crippen molar-refractivity contribution in [1.82, 2.24) is 4.57 Å². The smallest absolute Gasteiger partial charge is 0.351 e. The lowest BCUT2D eigenvalue weighted by Crippen LogP contribution is -2.23. The van der Waals surface area contributed by atoms with Crippen molar-refractivity contribution >= 4 is 10.9 Å². The Labute approximate surface area is 103 Å². The van der Waals surface area contributed by atoms with Gasteiger partial charge in [0, 0.05) is 18.8 Å². The predicted molar refractivity (Wildman–Crippen MR) is 65.4 cm³/mol. The largest absolute Gasteiger partial charge is 0.395 e. The molecule has 0 radical (unpaired) electrons. The van der Waals surface area contributed by atoms with E-state index in [0.29, 0.717) is 0 Å². The Balaban J connectivity index is 2.44. The monoisotopic (exact) mass is 256 g/mol. The van der Waals surface area contributed by atoms with Gasteiger partial charge in [-0.2, -0.15) is 13.2 Å². The van der Waals surface area contributed by atoms with Crippen molar-refractivity contribution < 1.29 is 13.2 Å². The maximum atomic E-state index is 12.9. The summed E-state index contributed by atoms with van der Waals surface area (Å²) in [7, 11) is 1.86. The fourth-order valence-electron chi connectivity index (χ4n) is 2.20. The number of fused-ring (bicyclic) bond motifs is 1. The molecule has 0 amide bonds. The van der Waals surface area contributed by atoms with E-state index in [-0.39, 0.29) is 18.5 Å². The first-order chi connectivity index (χ1) is 8.43. The molecule has 2 aromatic rings. The number of nitrogens with zero attached hydrogens (tertiary/aromatic N) is 1. The van der Waals surface area contributed by atoms with Crippen molar-refractivity contribution in [1.29, 1.82) is 0 Å². The van der Waals surface area contributed by atoms with Gasteiger partial charge >= 0.3 is 6.18 Å². The summed E-state index contributed by atoms with van der Waals surface area (Å²) < 4.78 is 40.7. The summed E-state index contributed by atoms with van der Waals surface area (Å²) in [6, 6.07) is 6.67. The van der Waals surface area contributed by atoms with Crippen LogP contribution in [0.1, 0.15) is 17.9 Å². The summed E-state index contributed by atoms with van der Waals surface area (Å²) in [6.07, 6.45) is -2.50. The molecular weight excluding hydrogens is 241 g/mol. The van der Waals surface area contributed by atoms with Gasteiger partial charge in [-0.15, -0.1) is 0 Å². The Morgan fingerprint density at radius 1 is 1.28 bits per heavy atom. The molecule has 2 nitrogen and oxygen atoms in total. The number of benzene rings is 1. The van der Waals surface area contributed by atoms with Crippen LogP contribution in [0.5, 0.6) is 0 Å². The van der Waals surface area contributed by atoms with E-state index >= 15 is 0 Å². The Kier molecular flexibility index (Phi) is 3.34. The molecule has 0 bridgehead atoms. The lowest BCUT2D eigenvalue weighted by Gasteiger charge is -2.20. The first kappa shape index (κ1) is 13.0. The summed E-state index contributed by atoms with van der Waals surface area (Å²) in [5, 5.41) is 0.821. The van der Waals surface area contributed by atoms with E-state index in [9.17, 15) is 13.2 Å². The molecule has 1 heterocycles. The number of hydrogen-bond donors (Lipinski definition) is 1. The summed E-state index contributed by atoms with van der Waals surface area (Å²) >= 11 is 0.